The molecule has 1 aliphatic heterocycles. The largest absolute Gasteiger partial charge is 0.314 e. The van der Waals surface area contributed by atoms with Gasteiger partial charge in [-0.2, -0.15) is 0 Å². The van der Waals surface area contributed by atoms with Crippen LogP contribution in [0.2, 0.25) is 0 Å². The lowest BCUT2D eigenvalue weighted by atomic mass is 9.85. The molecular formula is C13H28N2. The summed E-state index contributed by atoms with van der Waals surface area (Å²) >= 11 is 0. The van der Waals surface area contributed by atoms with E-state index >= 15 is 0 Å². The summed E-state index contributed by atoms with van der Waals surface area (Å²) in [5, 5.41) is 3.52. The third-order valence-electron chi connectivity index (χ3n) is 4.04. The molecule has 0 amide bonds. The van der Waals surface area contributed by atoms with Crippen molar-refractivity contribution < 1.29 is 0 Å². The summed E-state index contributed by atoms with van der Waals surface area (Å²) in [7, 11) is 2.29. The van der Waals surface area contributed by atoms with E-state index in [2.05, 4.69) is 51.9 Å². The minimum atomic E-state index is 0.378. The van der Waals surface area contributed by atoms with Gasteiger partial charge in [0.25, 0.3) is 0 Å². The molecule has 0 aliphatic carbocycles. The van der Waals surface area contributed by atoms with Gasteiger partial charge in [0.1, 0.15) is 0 Å². The van der Waals surface area contributed by atoms with Crippen LogP contribution in [0.1, 0.15) is 47.5 Å². The Morgan fingerprint density at radius 3 is 2.40 bits per heavy atom. The molecule has 1 fully saturated rings. The van der Waals surface area contributed by atoms with Crippen molar-refractivity contribution in [1.29, 1.82) is 0 Å². The Morgan fingerprint density at radius 2 is 1.93 bits per heavy atom. The lowest BCUT2D eigenvalue weighted by Gasteiger charge is -2.43. The Bertz CT molecular complexity index is 195. The maximum absolute atomic E-state index is 3.52. The first-order valence-corrected chi connectivity index (χ1v) is 6.27. The first kappa shape index (κ1) is 13.0. The number of rotatable bonds is 2. The fourth-order valence-corrected chi connectivity index (χ4v) is 2.40. The second kappa shape index (κ2) is 4.84. The Hall–Kier alpha value is -0.0800. The van der Waals surface area contributed by atoms with Gasteiger partial charge in [0.15, 0.2) is 0 Å². The van der Waals surface area contributed by atoms with E-state index < -0.39 is 0 Å². The Kier molecular flexibility index (Phi) is 4.19. The van der Waals surface area contributed by atoms with Crippen molar-refractivity contribution in [3.63, 3.8) is 0 Å². The van der Waals surface area contributed by atoms with Crippen LogP contribution < -0.4 is 5.32 Å². The zero-order valence-electron chi connectivity index (χ0n) is 11.3. The van der Waals surface area contributed by atoms with Crippen LogP contribution in [0.5, 0.6) is 0 Å². The van der Waals surface area contributed by atoms with Gasteiger partial charge in [0, 0.05) is 18.1 Å². The molecule has 1 rings (SSSR count). The van der Waals surface area contributed by atoms with Crippen molar-refractivity contribution in [2.45, 2.75) is 65.6 Å². The number of nitrogens with zero attached hydrogens (tertiary/aromatic N) is 1. The summed E-state index contributed by atoms with van der Waals surface area (Å²) in [5.41, 5.74) is 0.378. The topological polar surface area (TPSA) is 15.3 Å². The van der Waals surface area contributed by atoms with Crippen molar-refractivity contribution in [3.05, 3.63) is 0 Å². The maximum Gasteiger partial charge on any atom is 0.0122 e. The van der Waals surface area contributed by atoms with E-state index in [0.29, 0.717) is 17.5 Å². The van der Waals surface area contributed by atoms with Crippen LogP contribution in [0.3, 0.4) is 0 Å². The fraction of sp³-hybridized carbons (Fsp3) is 1.00. The highest BCUT2D eigenvalue weighted by atomic mass is 15.2. The molecule has 0 aromatic heterocycles. The molecule has 1 heterocycles. The van der Waals surface area contributed by atoms with Crippen LogP contribution in [-0.4, -0.2) is 36.6 Å². The Balaban J connectivity index is 2.55. The van der Waals surface area contributed by atoms with Crippen LogP contribution in [-0.2, 0) is 0 Å². The van der Waals surface area contributed by atoms with Gasteiger partial charge in [-0.3, -0.25) is 0 Å². The maximum atomic E-state index is 3.52. The minimum Gasteiger partial charge on any atom is -0.314 e. The Labute approximate surface area is 95.4 Å². The smallest absolute Gasteiger partial charge is 0.0122 e. The van der Waals surface area contributed by atoms with E-state index in [0.717, 1.165) is 6.04 Å². The average molecular weight is 212 g/mol. The van der Waals surface area contributed by atoms with E-state index in [-0.39, 0.29) is 0 Å². The standard InChI is InChI=1S/C13H28N2/c1-10-9-12(7-8-14-10)15(6)11(2)13(3,4)5/h10-12,14H,7-9H2,1-6H3. The molecule has 3 atom stereocenters. The monoisotopic (exact) mass is 212 g/mol. The molecule has 2 heteroatoms. The predicted octanol–water partition coefficient (Wildman–Crippen LogP) is 2.49. The van der Waals surface area contributed by atoms with Crippen molar-refractivity contribution in [2.24, 2.45) is 5.41 Å². The van der Waals surface area contributed by atoms with E-state index in [4.69, 9.17) is 0 Å². The third kappa shape index (κ3) is 3.46. The summed E-state index contributed by atoms with van der Waals surface area (Å²) < 4.78 is 0. The third-order valence-corrected chi connectivity index (χ3v) is 4.04. The first-order chi connectivity index (χ1) is 6.82. The lowest BCUT2D eigenvalue weighted by molar-refractivity contribution is 0.0739. The molecule has 0 aromatic rings. The van der Waals surface area contributed by atoms with E-state index in [1.165, 1.54) is 19.4 Å². The van der Waals surface area contributed by atoms with Crippen LogP contribution in [0.25, 0.3) is 0 Å². The lowest BCUT2D eigenvalue weighted by Crippen LogP contribution is -2.51. The highest BCUT2D eigenvalue weighted by molar-refractivity contribution is 4.86. The number of hydrogen-bond acceptors (Lipinski definition) is 2. The summed E-state index contributed by atoms with van der Waals surface area (Å²) in [4.78, 5) is 2.58. The molecule has 0 radical (unpaired) electrons. The summed E-state index contributed by atoms with van der Waals surface area (Å²) in [5.74, 6) is 0. The summed E-state index contributed by atoms with van der Waals surface area (Å²) in [6.07, 6.45) is 2.58. The van der Waals surface area contributed by atoms with Crippen molar-refractivity contribution in [3.8, 4) is 0 Å². The van der Waals surface area contributed by atoms with E-state index in [1.54, 1.807) is 0 Å². The molecule has 3 unspecified atom stereocenters. The normalized spacial score (nSPS) is 30.6. The quantitative estimate of drug-likeness (QED) is 0.756. The molecule has 0 spiro atoms. The van der Waals surface area contributed by atoms with Crippen molar-refractivity contribution >= 4 is 0 Å². The summed E-state index contributed by atoms with van der Waals surface area (Å²) in [6, 6.07) is 2.08. The van der Waals surface area contributed by atoms with Crippen LogP contribution >= 0.6 is 0 Å². The molecule has 2 nitrogen and oxygen atoms in total. The van der Waals surface area contributed by atoms with Gasteiger partial charge >= 0.3 is 0 Å². The highest BCUT2D eigenvalue weighted by Gasteiger charge is 2.30. The van der Waals surface area contributed by atoms with Gasteiger partial charge in [-0.15, -0.1) is 0 Å². The minimum absolute atomic E-state index is 0.378. The van der Waals surface area contributed by atoms with Gasteiger partial charge in [-0.05, 0) is 45.7 Å². The fourth-order valence-electron chi connectivity index (χ4n) is 2.40. The van der Waals surface area contributed by atoms with Gasteiger partial charge in [0.2, 0.25) is 0 Å². The predicted molar refractivity (Wildman–Crippen MR) is 67.2 cm³/mol. The first-order valence-electron chi connectivity index (χ1n) is 6.27. The SMILES string of the molecule is CC1CC(N(C)C(C)C(C)(C)C)CCN1. The van der Waals surface area contributed by atoms with Gasteiger partial charge < -0.3 is 10.2 Å². The van der Waals surface area contributed by atoms with Crippen molar-refractivity contribution in [1.82, 2.24) is 10.2 Å². The van der Waals surface area contributed by atoms with E-state index in [1.807, 2.05) is 0 Å². The molecule has 90 valence electrons. The molecule has 0 bridgehead atoms. The Morgan fingerprint density at radius 1 is 1.33 bits per heavy atom. The average Bonchev–Trinajstić information content (AvgIpc) is 2.14. The zero-order chi connectivity index (χ0) is 11.6. The number of nitrogens with one attached hydrogen (secondary N) is 1. The molecule has 0 saturated carbocycles. The van der Waals surface area contributed by atoms with E-state index in [9.17, 15) is 0 Å². The van der Waals surface area contributed by atoms with Crippen LogP contribution in [0, 0.1) is 5.41 Å². The molecule has 1 aliphatic rings. The number of piperidine rings is 1. The van der Waals surface area contributed by atoms with Crippen molar-refractivity contribution in [2.75, 3.05) is 13.6 Å². The molecule has 15 heavy (non-hydrogen) atoms. The second-order valence-electron chi connectivity index (χ2n) is 6.24. The molecule has 1 saturated heterocycles. The highest BCUT2D eigenvalue weighted by Crippen LogP contribution is 2.27. The van der Waals surface area contributed by atoms with Gasteiger partial charge in [-0.1, -0.05) is 20.8 Å². The summed E-state index contributed by atoms with van der Waals surface area (Å²) in [6.45, 7) is 12.8. The zero-order valence-corrected chi connectivity index (χ0v) is 11.3. The second-order valence-corrected chi connectivity index (χ2v) is 6.24. The van der Waals surface area contributed by atoms with Crippen LogP contribution in [0.4, 0.5) is 0 Å². The molecule has 0 aromatic carbocycles. The number of hydrogen-bond donors (Lipinski definition) is 1. The van der Waals surface area contributed by atoms with Crippen LogP contribution in [0.15, 0.2) is 0 Å². The van der Waals surface area contributed by atoms with Gasteiger partial charge in [-0.25, -0.2) is 0 Å². The van der Waals surface area contributed by atoms with Gasteiger partial charge in [0.05, 0.1) is 0 Å². The molecular weight excluding hydrogens is 184 g/mol. The molecule has 1 N–H and O–H groups in total.